The molecule has 2 N–H and O–H groups in total. The Labute approximate surface area is 120 Å². The van der Waals surface area contributed by atoms with E-state index in [0.717, 1.165) is 24.1 Å². The summed E-state index contributed by atoms with van der Waals surface area (Å²) in [5.41, 5.74) is 6.01. The van der Waals surface area contributed by atoms with Crippen molar-refractivity contribution in [3.05, 3.63) is 64.7 Å². The molecule has 0 saturated carbocycles. The number of rotatable bonds is 2. The van der Waals surface area contributed by atoms with Gasteiger partial charge >= 0.3 is 0 Å². The van der Waals surface area contributed by atoms with Gasteiger partial charge in [-0.15, -0.1) is 0 Å². The zero-order chi connectivity index (χ0) is 14.1. The van der Waals surface area contributed by atoms with Gasteiger partial charge in [-0.3, -0.25) is 0 Å². The van der Waals surface area contributed by atoms with E-state index in [9.17, 15) is 5.11 Å². The normalized spacial score (nSPS) is 19.1. The van der Waals surface area contributed by atoms with Gasteiger partial charge in [0.05, 0.1) is 12.1 Å². The van der Waals surface area contributed by atoms with Gasteiger partial charge in [-0.05, 0) is 55.0 Å². The first-order chi connectivity index (χ1) is 9.65. The molecule has 1 aliphatic heterocycles. The van der Waals surface area contributed by atoms with E-state index in [1.54, 1.807) is 0 Å². The van der Waals surface area contributed by atoms with Crippen molar-refractivity contribution in [1.29, 1.82) is 0 Å². The second kappa shape index (κ2) is 5.29. The Morgan fingerprint density at radius 1 is 1.10 bits per heavy atom. The summed E-state index contributed by atoms with van der Waals surface area (Å²) in [6, 6.07) is 14.7. The summed E-state index contributed by atoms with van der Waals surface area (Å²) in [5.74, 6) is 0. The molecule has 2 aromatic carbocycles. The lowest BCUT2D eigenvalue weighted by Crippen LogP contribution is -2.31. The van der Waals surface area contributed by atoms with Crippen LogP contribution < -0.4 is 5.32 Å². The number of hydrogen-bond donors (Lipinski definition) is 2. The fourth-order valence-corrected chi connectivity index (χ4v) is 2.88. The Hall–Kier alpha value is -1.80. The second-order valence-electron chi connectivity index (χ2n) is 5.74. The molecule has 0 aliphatic carbocycles. The molecule has 0 saturated heterocycles. The molecule has 1 aliphatic rings. The van der Waals surface area contributed by atoms with E-state index >= 15 is 0 Å². The molecular weight excluding hydrogens is 246 g/mol. The first-order valence-electron chi connectivity index (χ1n) is 7.25. The molecule has 2 unspecified atom stereocenters. The number of hydrogen-bond acceptors (Lipinski definition) is 2. The molecular formula is C18H21NO. The van der Waals surface area contributed by atoms with Crippen LogP contribution in [0.15, 0.2) is 42.5 Å². The van der Waals surface area contributed by atoms with Crippen molar-refractivity contribution in [3.63, 3.8) is 0 Å². The summed E-state index contributed by atoms with van der Waals surface area (Å²) in [6.45, 7) is 4.19. The fraction of sp³-hybridized carbons (Fsp3) is 0.333. The number of fused-ring (bicyclic) bond motifs is 1. The first kappa shape index (κ1) is 13.2. The molecule has 0 bridgehead atoms. The summed E-state index contributed by atoms with van der Waals surface area (Å²) in [7, 11) is 0. The number of nitrogens with one attached hydrogen (secondary N) is 1. The van der Waals surface area contributed by atoms with E-state index in [-0.39, 0.29) is 6.04 Å². The number of aliphatic hydroxyl groups excluding tert-OH is 1. The number of aryl methyl sites for hydroxylation is 3. The maximum Gasteiger partial charge on any atom is 0.0991 e. The lowest BCUT2D eigenvalue weighted by atomic mass is 9.91. The van der Waals surface area contributed by atoms with E-state index < -0.39 is 6.10 Å². The average molecular weight is 267 g/mol. The minimum Gasteiger partial charge on any atom is -0.386 e. The Kier molecular flexibility index (Phi) is 3.49. The Morgan fingerprint density at radius 2 is 1.90 bits per heavy atom. The van der Waals surface area contributed by atoms with Crippen LogP contribution in [0.25, 0.3) is 0 Å². The van der Waals surface area contributed by atoms with Crippen LogP contribution in [0.5, 0.6) is 0 Å². The summed E-state index contributed by atoms with van der Waals surface area (Å²) in [4.78, 5) is 0. The molecule has 2 heteroatoms. The van der Waals surface area contributed by atoms with E-state index in [4.69, 9.17) is 0 Å². The molecule has 0 spiro atoms. The van der Waals surface area contributed by atoms with Gasteiger partial charge in [-0.2, -0.15) is 0 Å². The SMILES string of the molecule is Cc1ccc(C(O)C2CCc3ccccc3N2)cc1C. The van der Waals surface area contributed by atoms with Gasteiger partial charge in [0.15, 0.2) is 0 Å². The van der Waals surface area contributed by atoms with Crippen molar-refractivity contribution in [2.24, 2.45) is 0 Å². The van der Waals surface area contributed by atoms with Crippen LogP contribution in [0.1, 0.15) is 34.8 Å². The van der Waals surface area contributed by atoms with E-state index in [1.807, 2.05) is 12.1 Å². The lowest BCUT2D eigenvalue weighted by molar-refractivity contribution is 0.149. The fourth-order valence-electron chi connectivity index (χ4n) is 2.88. The van der Waals surface area contributed by atoms with Gasteiger partial charge in [0.2, 0.25) is 0 Å². The first-order valence-corrected chi connectivity index (χ1v) is 7.25. The third kappa shape index (κ3) is 2.44. The van der Waals surface area contributed by atoms with Gasteiger partial charge in [0.25, 0.3) is 0 Å². The summed E-state index contributed by atoms with van der Waals surface area (Å²) >= 11 is 0. The van der Waals surface area contributed by atoms with Crippen LogP contribution >= 0.6 is 0 Å². The zero-order valence-corrected chi connectivity index (χ0v) is 12.1. The lowest BCUT2D eigenvalue weighted by Gasteiger charge is -2.31. The Bertz CT molecular complexity index is 621. The van der Waals surface area contributed by atoms with Crippen LogP contribution in [0.4, 0.5) is 5.69 Å². The van der Waals surface area contributed by atoms with Crippen molar-refractivity contribution in [1.82, 2.24) is 0 Å². The minimum atomic E-state index is -0.456. The maximum absolute atomic E-state index is 10.6. The van der Waals surface area contributed by atoms with Gasteiger partial charge < -0.3 is 10.4 Å². The summed E-state index contributed by atoms with van der Waals surface area (Å²) in [5, 5.41) is 14.1. The molecule has 2 aromatic rings. The van der Waals surface area contributed by atoms with Crippen LogP contribution in [0.3, 0.4) is 0 Å². The molecule has 1 heterocycles. The zero-order valence-electron chi connectivity index (χ0n) is 12.1. The van der Waals surface area contributed by atoms with E-state index in [0.29, 0.717) is 0 Å². The highest BCUT2D eigenvalue weighted by molar-refractivity contribution is 5.54. The highest BCUT2D eigenvalue weighted by Gasteiger charge is 2.25. The Balaban J connectivity index is 1.82. The van der Waals surface area contributed by atoms with Crippen molar-refractivity contribution in [3.8, 4) is 0 Å². The standard InChI is InChI=1S/C18H21NO/c1-12-7-8-15(11-13(12)2)18(20)17-10-9-14-5-3-4-6-16(14)19-17/h3-8,11,17-20H,9-10H2,1-2H3. The van der Waals surface area contributed by atoms with E-state index in [2.05, 4.69) is 49.5 Å². The van der Waals surface area contributed by atoms with Crippen LogP contribution in [0.2, 0.25) is 0 Å². The molecule has 2 nitrogen and oxygen atoms in total. The van der Waals surface area contributed by atoms with Crippen LogP contribution in [-0.2, 0) is 6.42 Å². The topological polar surface area (TPSA) is 32.3 Å². The van der Waals surface area contributed by atoms with Crippen LogP contribution in [0, 0.1) is 13.8 Å². The molecule has 0 radical (unpaired) electrons. The molecule has 0 aromatic heterocycles. The van der Waals surface area contributed by atoms with E-state index in [1.165, 1.54) is 16.7 Å². The number of anilines is 1. The van der Waals surface area contributed by atoms with Crippen molar-refractivity contribution >= 4 is 5.69 Å². The quantitative estimate of drug-likeness (QED) is 0.868. The minimum absolute atomic E-state index is 0.0898. The van der Waals surface area contributed by atoms with Gasteiger partial charge in [-0.25, -0.2) is 0 Å². The molecule has 20 heavy (non-hydrogen) atoms. The molecule has 2 atom stereocenters. The van der Waals surface area contributed by atoms with Gasteiger partial charge in [0.1, 0.15) is 0 Å². The molecule has 104 valence electrons. The van der Waals surface area contributed by atoms with Crippen molar-refractivity contribution in [2.45, 2.75) is 38.8 Å². The monoisotopic (exact) mass is 267 g/mol. The van der Waals surface area contributed by atoms with Crippen molar-refractivity contribution < 1.29 is 5.11 Å². The second-order valence-corrected chi connectivity index (χ2v) is 5.74. The van der Waals surface area contributed by atoms with Crippen LogP contribution in [-0.4, -0.2) is 11.1 Å². The summed E-state index contributed by atoms with van der Waals surface area (Å²) in [6.07, 6.45) is 1.53. The molecule has 3 rings (SSSR count). The highest BCUT2D eigenvalue weighted by Crippen LogP contribution is 2.31. The highest BCUT2D eigenvalue weighted by atomic mass is 16.3. The third-order valence-corrected chi connectivity index (χ3v) is 4.34. The largest absolute Gasteiger partial charge is 0.386 e. The maximum atomic E-state index is 10.6. The molecule has 0 amide bonds. The smallest absolute Gasteiger partial charge is 0.0991 e. The van der Waals surface area contributed by atoms with Gasteiger partial charge in [-0.1, -0.05) is 36.4 Å². The predicted molar refractivity (Wildman–Crippen MR) is 83.0 cm³/mol. The molecule has 0 fully saturated rings. The predicted octanol–water partition coefficient (Wildman–Crippen LogP) is 3.76. The average Bonchev–Trinajstić information content (AvgIpc) is 2.49. The number of para-hydroxylation sites is 1. The third-order valence-electron chi connectivity index (χ3n) is 4.34. The van der Waals surface area contributed by atoms with Gasteiger partial charge in [0, 0.05) is 5.69 Å². The van der Waals surface area contributed by atoms with Crippen molar-refractivity contribution in [2.75, 3.05) is 5.32 Å². The number of aliphatic hydroxyl groups is 1. The Morgan fingerprint density at radius 3 is 2.70 bits per heavy atom. The number of benzene rings is 2. The summed E-state index contributed by atoms with van der Waals surface area (Å²) < 4.78 is 0.